The molecule has 0 spiro atoms. The van der Waals surface area contributed by atoms with E-state index in [9.17, 15) is 9.59 Å². The van der Waals surface area contributed by atoms with Gasteiger partial charge in [-0.1, -0.05) is 43.3 Å². The lowest BCUT2D eigenvalue weighted by atomic mass is 9.95. The first kappa shape index (κ1) is 21.3. The third-order valence-corrected chi connectivity index (χ3v) is 6.51. The largest absolute Gasteiger partial charge is 0.354 e. The van der Waals surface area contributed by atoms with Crippen LogP contribution in [0.15, 0.2) is 47.8 Å². The third kappa shape index (κ3) is 6.30. The summed E-state index contributed by atoms with van der Waals surface area (Å²) >= 11 is 1.50. The van der Waals surface area contributed by atoms with E-state index in [2.05, 4.69) is 34.6 Å². The molecule has 1 fully saturated rings. The standard InChI is InChI=1S/C22H30N4O2S/c1-16-9-11-26(12-10-16)19(17-6-3-2-4-7-17)15-24-21(27)14-18(25-22(23)28)20-8-5-13-29-20/h2-8,13,16,18-19H,9-12,14-15H2,1H3,(H,24,27)(H3,23,25,28). The molecule has 1 aromatic heterocycles. The molecule has 156 valence electrons. The van der Waals surface area contributed by atoms with E-state index in [1.165, 1.54) is 29.7 Å². The average Bonchev–Trinajstić information content (AvgIpc) is 3.24. The van der Waals surface area contributed by atoms with Crippen molar-refractivity contribution in [3.63, 3.8) is 0 Å². The number of primary amides is 1. The summed E-state index contributed by atoms with van der Waals surface area (Å²) in [6.45, 7) is 4.92. The number of likely N-dealkylation sites (tertiary alicyclic amines) is 1. The molecule has 1 saturated heterocycles. The number of hydrogen-bond donors (Lipinski definition) is 3. The summed E-state index contributed by atoms with van der Waals surface area (Å²) in [5, 5.41) is 7.69. The van der Waals surface area contributed by atoms with Gasteiger partial charge in [-0.05, 0) is 48.9 Å². The number of hydrogen-bond acceptors (Lipinski definition) is 4. The Kier molecular flexibility index (Phi) is 7.66. The van der Waals surface area contributed by atoms with E-state index >= 15 is 0 Å². The molecule has 3 amide bonds. The normalized spacial score (nSPS) is 17.4. The molecule has 2 aromatic rings. The number of amides is 3. The van der Waals surface area contributed by atoms with Gasteiger partial charge in [0.05, 0.1) is 18.5 Å². The molecule has 0 radical (unpaired) electrons. The molecule has 1 aliphatic heterocycles. The van der Waals surface area contributed by atoms with Crippen LogP contribution in [0.5, 0.6) is 0 Å². The molecular formula is C22H30N4O2S. The van der Waals surface area contributed by atoms with Gasteiger partial charge in [-0.25, -0.2) is 4.79 Å². The SMILES string of the molecule is CC1CCN(C(CNC(=O)CC(NC(N)=O)c2cccs2)c2ccccc2)CC1. The van der Waals surface area contributed by atoms with E-state index in [-0.39, 0.29) is 18.4 Å². The summed E-state index contributed by atoms with van der Waals surface area (Å²) in [7, 11) is 0. The summed E-state index contributed by atoms with van der Waals surface area (Å²) in [4.78, 5) is 27.4. The lowest BCUT2D eigenvalue weighted by Crippen LogP contribution is -2.43. The quantitative estimate of drug-likeness (QED) is 0.618. The van der Waals surface area contributed by atoms with Crippen LogP contribution in [0.1, 0.15) is 48.7 Å². The maximum atomic E-state index is 12.7. The fraction of sp³-hybridized carbons (Fsp3) is 0.455. The molecule has 4 N–H and O–H groups in total. The van der Waals surface area contributed by atoms with Crippen molar-refractivity contribution < 1.29 is 9.59 Å². The third-order valence-electron chi connectivity index (χ3n) is 5.53. The zero-order chi connectivity index (χ0) is 20.6. The number of benzene rings is 1. The highest BCUT2D eigenvalue weighted by atomic mass is 32.1. The topological polar surface area (TPSA) is 87.5 Å². The fourth-order valence-corrected chi connectivity index (χ4v) is 4.60. The molecule has 0 aliphatic carbocycles. The molecule has 3 rings (SSSR count). The fourth-order valence-electron chi connectivity index (χ4n) is 3.83. The van der Waals surface area contributed by atoms with Crippen LogP contribution in [0.3, 0.4) is 0 Å². The Labute approximate surface area is 176 Å². The number of piperidine rings is 1. The molecule has 1 aromatic carbocycles. The maximum Gasteiger partial charge on any atom is 0.312 e. The van der Waals surface area contributed by atoms with Gasteiger partial charge in [-0.2, -0.15) is 0 Å². The van der Waals surface area contributed by atoms with Crippen LogP contribution in [0, 0.1) is 5.92 Å². The van der Waals surface area contributed by atoms with Gasteiger partial charge in [0.2, 0.25) is 5.91 Å². The molecule has 2 atom stereocenters. The smallest absolute Gasteiger partial charge is 0.312 e. The summed E-state index contributed by atoms with van der Waals surface area (Å²) in [6.07, 6.45) is 2.53. The van der Waals surface area contributed by atoms with Gasteiger partial charge in [0.25, 0.3) is 0 Å². The van der Waals surface area contributed by atoms with Crippen LogP contribution in [-0.2, 0) is 4.79 Å². The van der Waals surface area contributed by atoms with Crippen molar-refractivity contribution in [2.75, 3.05) is 19.6 Å². The number of urea groups is 1. The van der Waals surface area contributed by atoms with E-state index < -0.39 is 12.1 Å². The number of carbonyl (C=O) groups is 2. The van der Waals surface area contributed by atoms with Gasteiger partial charge in [0, 0.05) is 11.4 Å². The highest BCUT2D eigenvalue weighted by Crippen LogP contribution is 2.27. The van der Waals surface area contributed by atoms with Crippen LogP contribution < -0.4 is 16.4 Å². The lowest BCUT2D eigenvalue weighted by Gasteiger charge is -2.37. The van der Waals surface area contributed by atoms with Crippen LogP contribution >= 0.6 is 11.3 Å². The van der Waals surface area contributed by atoms with Crippen LogP contribution in [0.25, 0.3) is 0 Å². The molecule has 6 nitrogen and oxygen atoms in total. The minimum Gasteiger partial charge on any atom is -0.354 e. The number of nitrogens with one attached hydrogen (secondary N) is 2. The van der Waals surface area contributed by atoms with Crippen molar-refractivity contribution in [3.05, 3.63) is 58.3 Å². The van der Waals surface area contributed by atoms with Gasteiger partial charge >= 0.3 is 6.03 Å². The second-order valence-electron chi connectivity index (χ2n) is 7.73. The van der Waals surface area contributed by atoms with E-state index in [1.54, 1.807) is 0 Å². The lowest BCUT2D eigenvalue weighted by molar-refractivity contribution is -0.121. The van der Waals surface area contributed by atoms with Gasteiger partial charge in [0.1, 0.15) is 0 Å². The Hall–Kier alpha value is -2.38. The molecular weight excluding hydrogens is 384 g/mol. The minimum absolute atomic E-state index is 0.0940. The monoisotopic (exact) mass is 414 g/mol. The van der Waals surface area contributed by atoms with Crippen LogP contribution in [-0.4, -0.2) is 36.5 Å². The van der Waals surface area contributed by atoms with E-state index in [1.807, 2.05) is 35.7 Å². The molecule has 7 heteroatoms. The van der Waals surface area contributed by atoms with Crippen molar-refractivity contribution in [2.24, 2.45) is 11.7 Å². The molecule has 2 heterocycles. The summed E-state index contributed by atoms with van der Waals surface area (Å²) in [5.41, 5.74) is 6.51. The second-order valence-corrected chi connectivity index (χ2v) is 8.71. The first-order valence-corrected chi connectivity index (χ1v) is 11.1. The first-order valence-electron chi connectivity index (χ1n) is 10.2. The molecule has 1 aliphatic rings. The Morgan fingerprint density at radius 1 is 1.17 bits per heavy atom. The second kappa shape index (κ2) is 10.4. The number of thiophene rings is 1. The molecule has 0 saturated carbocycles. The maximum absolute atomic E-state index is 12.7. The van der Waals surface area contributed by atoms with E-state index in [0.29, 0.717) is 6.54 Å². The van der Waals surface area contributed by atoms with Gasteiger partial charge in [0.15, 0.2) is 0 Å². The van der Waals surface area contributed by atoms with E-state index in [4.69, 9.17) is 5.73 Å². The van der Waals surface area contributed by atoms with Crippen molar-refractivity contribution in [1.82, 2.24) is 15.5 Å². The number of carbonyl (C=O) groups excluding carboxylic acids is 2. The Morgan fingerprint density at radius 3 is 2.52 bits per heavy atom. The summed E-state index contributed by atoms with van der Waals surface area (Å²) < 4.78 is 0. The van der Waals surface area contributed by atoms with Crippen molar-refractivity contribution in [2.45, 2.75) is 38.3 Å². The zero-order valence-electron chi connectivity index (χ0n) is 16.8. The number of rotatable bonds is 8. The molecule has 2 unspecified atom stereocenters. The zero-order valence-corrected chi connectivity index (χ0v) is 17.7. The summed E-state index contributed by atoms with van der Waals surface area (Å²) in [5.74, 6) is 0.659. The predicted octanol–water partition coefficient (Wildman–Crippen LogP) is 3.44. The predicted molar refractivity (Wildman–Crippen MR) is 117 cm³/mol. The van der Waals surface area contributed by atoms with Crippen LogP contribution in [0.4, 0.5) is 4.79 Å². The van der Waals surface area contributed by atoms with Crippen molar-refractivity contribution in [1.29, 1.82) is 0 Å². The minimum atomic E-state index is -0.624. The highest BCUT2D eigenvalue weighted by Gasteiger charge is 2.26. The van der Waals surface area contributed by atoms with Gasteiger partial charge < -0.3 is 16.4 Å². The Balaban J connectivity index is 1.63. The Bertz CT molecular complexity index is 773. The van der Waals surface area contributed by atoms with Gasteiger partial charge in [-0.3, -0.25) is 9.69 Å². The van der Waals surface area contributed by atoms with Gasteiger partial charge in [-0.15, -0.1) is 11.3 Å². The van der Waals surface area contributed by atoms with E-state index in [0.717, 1.165) is 23.9 Å². The Morgan fingerprint density at radius 2 is 1.90 bits per heavy atom. The van der Waals surface area contributed by atoms with Crippen molar-refractivity contribution in [3.8, 4) is 0 Å². The number of nitrogens with zero attached hydrogens (tertiary/aromatic N) is 1. The van der Waals surface area contributed by atoms with Crippen LogP contribution in [0.2, 0.25) is 0 Å². The first-order chi connectivity index (χ1) is 14.0. The van der Waals surface area contributed by atoms with Crippen molar-refractivity contribution >= 4 is 23.3 Å². The number of nitrogens with two attached hydrogens (primary N) is 1. The highest BCUT2D eigenvalue weighted by molar-refractivity contribution is 7.10. The molecule has 0 bridgehead atoms. The summed E-state index contributed by atoms with van der Waals surface area (Å²) in [6, 6.07) is 13.3. The average molecular weight is 415 g/mol. The molecule has 29 heavy (non-hydrogen) atoms.